The molecule has 0 aliphatic heterocycles. The van der Waals surface area contributed by atoms with Crippen LogP contribution >= 0.6 is 0 Å². The summed E-state index contributed by atoms with van der Waals surface area (Å²) in [4.78, 5) is 2.37. The Morgan fingerprint density at radius 1 is 0.511 bits per heavy atom. The van der Waals surface area contributed by atoms with E-state index in [9.17, 15) is 0 Å². The van der Waals surface area contributed by atoms with Gasteiger partial charge >= 0.3 is 0 Å². The number of hydrogen-bond acceptors (Lipinski definition) is 1. The molecule has 0 aromatic heterocycles. The van der Waals surface area contributed by atoms with E-state index in [1.54, 1.807) is 0 Å². The highest BCUT2D eigenvalue weighted by molar-refractivity contribution is 6.25. The van der Waals surface area contributed by atoms with Crippen LogP contribution < -0.4 is 4.90 Å². The van der Waals surface area contributed by atoms with Crippen molar-refractivity contribution in [1.82, 2.24) is 0 Å². The number of nitrogens with zero attached hydrogens (tertiary/aromatic N) is 1. The lowest BCUT2D eigenvalue weighted by atomic mass is 9.94. The second-order valence-electron chi connectivity index (χ2n) is 12.5. The van der Waals surface area contributed by atoms with Gasteiger partial charge in [-0.1, -0.05) is 122 Å². The summed E-state index contributed by atoms with van der Waals surface area (Å²) in [7, 11) is 0. The first-order valence-electron chi connectivity index (χ1n) is 16.3. The smallest absolute Gasteiger partial charge is 0.0468 e. The molecule has 0 saturated carbocycles. The molecule has 1 heteroatoms. The van der Waals surface area contributed by atoms with Gasteiger partial charge in [0.05, 0.1) is 0 Å². The lowest BCUT2D eigenvalue weighted by molar-refractivity contribution is 1.27. The summed E-state index contributed by atoms with van der Waals surface area (Å²) in [6.07, 6.45) is 4.38. The Bertz CT molecular complexity index is 2320. The predicted octanol–water partition coefficient (Wildman–Crippen LogP) is 13.3. The highest BCUT2D eigenvalue weighted by Gasteiger charge is 2.16. The van der Waals surface area contributed by atoms with Gasteiger partial charge in [-0.3, -0.25) is 0 Å². The number of benzene rings is 7. The molecule has 0 bridgehead atoms. The third-order valence-corrected chi connectivity index (χ3v) is 9.36. The number of aryl methyl sites for hydroxylation is 2. The minimum absolute atomic E-state index is 1.06. The van der Waals surface area contributed by atoms with Crippen LogP contribution in [0, 0.1) is 13.8 Å². The molecule has 0 saturated heterocycles. The maximum atomic E-state index is 4.38. The predicted molar refractivity (Wildman–Crippen MR) is 206 cm³/mol. The minimum atomic E-state index is 1.06. The first kappa shape index (κ1) is 30.0. The van der Waals surface area contributed by atoms with Gasteiger partial charge in [-0.05, 0) is 135 Å². The third kappa shape index (κ3) is 5.77. The zero-order chi connectivity index (χ0) is 32.5. The zero-order valence-electron chi connectivity index (χ0n) is 27.6. The van der Waals surface area contributed by atoms with Gasteiger partial charge in [0.25, 0.3) is 0 Å². The average Bonchev–Trinajstić information content (AvgIpc) is 3.11. The van der Waals surface area contributed by atoms with Crippen LogP contribution in [-0.4, -0.2) is 0 Å². The number of anilines is 3. The van der Waals surface area contributed by atoms with E-state index in [0.29, 0.717) is 0 Å². The number of fused-ring (bicyclic) bond motifs is 6. The van der Waals surface area contributed by atoms with Gasteiger partial charge in [-0.15, -0.1) is 0 Å². The van der Waals surface area contributed by atoms with Crippen molar-refractivity contribution in [3.63, 3.8) is 0 Å². The number of rotatable bonds is 7. The molecule has 0 fully saturated rings. The summed E-state index contributed by atoms with van der Waals surface area (Å²) in [5.74, 6) is 0. The van der Waals surface area contributed by atoms with Gasteiger partial charge in [0, 0.05) is 17.1 Å². The van der Waals surface area contributed by atoms with Gasteiger partial charge in [0.15, 0.2) is 0 Å². The van der Waals surface area contributed by atoms with Crippen LogP contribution in [0.25, 0.3) is 43.5 Å². The Labute approximate surface area is 278 Å². The van der Waals surface area contributed by atoms with Gasteiger partial charge < -0.3 is 4.90 Å². The Kier molecular flexibility index (Phi) is 8.06. The summed E-state index contributed by atoms with van der Waals surface area (Å²) in [6.45, 7) is 13.0. The Balaban J connectivity index is 1.29. The molecule has 0 unspecified atom stereocenters. The minimum Gasteiger partial charge on any atom is -0.310 e. The molecule has 0 aliphatic rings. The van der Waals surface area contributed by atoms with E-state index < -0.39 is 0 Å². The monoisotopic (exact) mass is 605 g/mol. The van der Waals surface area contributed by atoms with E-state index in [-0.39, 0.29) is 0 Å². The summed E-state index contributed by atoms with van der Waals surface area (Å²) in [5, 5.41) is 7.68. The van der Waals surface area contributed by atoms with Crippen LogP contribution in [0.15, 0.2) is 164 Å². The van der Waals surface area contributed by atoms with Crippen LogP contribution in [0.4, 0.5) is 17.1 Å². The Hall–Kier alpha value is -5.66. The summed E-state index contributed by atoms with van der Waals surface area (Å²) >= 11 is 0. The number of allylic oxidation sites excluding steroid dienone is 5. The van der Waals surface area contributed by atoms with E-state index in [1.165, 1.54) is 60.1 Å². The van der Waals surface area contributed by atoms with Gasteiger partial charge in [0.1, 0.15) is 0 Å². The lowest BCUT2D eigenvalue weighted by Gasteiger charge is -2.27. The summed E-state index contributed by atoms with van der Waals surface area (Å²) in [6, 6.07) is 50.6. The van der Waals surface area contributed by atoms with Crippen molar-refractivity contribution in [3.8, 4) is 0 Å². The average molecular weight is 606 g/mol. The number of hydrogen-bond donors (Lipinski definition) is 0. The molecule has 0 amide bonds. The topological polar surface area (TPSA) is 3.24 Å². The van der Waals surface area contributed by atoms with E-state index in [0.717, 1.165) is 28.2 Å². The largest absolute Gasteiger partial charge is 0.310 e. The summed E-state index contributed by atoms with van der Waals surface area (Å²) < 4.78 is 0. The van der Waals surface area contributed by atoms with Crippen molar-refractivity contribution in [3.05, 3.63) is 186 Å². The lowest BCUT2D eigenvalue weighted by Crippen LogP contribution is -2.10. The van der Waals surface area contributed by atoms with Gasteiger partial charge in [-0.2, -0.15) is 0 Å². The first-order valence-corrected chi connectivity index (χ1v) is 16.3. The molecule has 47 heavy (non-hydrogen) atoms. The third-order valence-electron chi connectivity index (χ3n) is 9.36. The van der Waals surface area contributed by atoms with Crippen LogP contribution in [0.1, 0.15) is 36.1 Å². The van der Waals surface area contributed by atoms with Gasteiger partial charge in [0.2, 0.25) is 0 Å². The molecule has 1 nitrogen and oxygen atoms in total. The fraction of sp³-hybridized carbons (Fsp3) is 0.0870. The zero-order valence-corrected chi connectivity index (χ0v) is 27.6. The molecule has 0 atom stereocenters. The fourth-order valence-corrected chi connectivity index (χ4v) is 6.69. The maximum absolute atomic E-state index is 4.38. The molecular formula is C46H39N. The van der Waals surface area contributed by atoms with Crippen molar-refractivity contribution in [2.75, 3.05) is 4.90 Å². The quantitative estimate of drug-likeness (QED) is 0.129. The van der Waals surface area contributed by atoms with E-state index in [2.05, 4.69) is 191 Å². The highest BCUT2D eigenvalue weighted by Crippen LogP contribution is 2.41. The molecule has 0 radical (unpaired) electrons. The van der Waals surface area contributed by atoms with E-state index in [1.807, 2.05) is 0 Å². The normalized spacial score (nSPS) is 12.2. The molecule has 0 N–H and O–H groups in total. The highest BCUT2D eigenvalue weighted by atomic mass is 15.1. The Morgan fingerprint density at radius 3 is 1.70 bits per heavy atom. The fourth-order valence-electron chi connectivity index (χ4n) is 6.69. The maximum Gasteiger partial charge on any atom is 0.0468 e. The van der Waals surface area contributed by atoms with Crippen LogP contribution in [0.2, 0.25) is 0 Å². The van der Waals surface area contributed by atoms with Crippen LogP contribution in [0.5, 0.6) is 0 Å². The van der Waals surface area contributed by atoms with E-state index >= 15 is 0 Å². The first-order chi connectivity index (χ1) is 22.9. The standard InChI is InChI=1S/C46H39N/c1-31-13-12-15-38(29-31)47(39-27-28-45-43-19-9-8-17-41(43)42-18-10-11-20-44(42)46(45)30-39)37-25-23-36(24-26-37)33(3)22-21-32(2)35(5)40-16-7-6-14-34(40)4/h6-30H,5H2,1-4H3/b32-21-,33-22+. The molecule has 0 aliphatic carbocycles. The van der Waals surface area contributed by atoms with Gasteiger partial charge in [-0.25, -0.2) is 0 Å². The molecule has 7 aromatic rings. The SMILES string of the molecule is C=C(/C(C)=C\C=C(/C)c1ccc(N(c2cccc(C)c2)c2ccc3c4ccccc4c4ccccc4c3c2)cc1)c1ccccc1C. The van der Waals surface area contributed by atoms with Crippen molar-refractivity contribution in [2.45, 2.75) is 27.7 Å². The molecule has 0 heterocycles. The summed E-state index contributed by atoms with van der Waals surface area (Å²) in [5.41, 5.74) is 11.7. The molecule has 228 valence electrons. The van der Waals surface area contributed by atoms with Crippen molar-refractivity contribution in [1.29, 1.82) is 0 Å². The van der Waals surface area contributed by atoms with Crippen molar-refractivity contribution in [2.24, 2.45) is 0 Å². The second-order valence-corrected chi connectivity index (χ2v) is 12.5. The van der Waals surface area contributed by atoms with Crippen molar-refractivity contribution < 1.29 is 0 Å². The molecule has 0 spiro atoms. The van der Waals surface area contributed by atoms with Crippen LogP contribution in [0.3, 0.4) is 0 Å². The molecular weight excluding hydrogens is 567 g/mol. The molecule has 7 aromatic carbocycles. The Morgan fingerprint density at radius 2 is 1.06 bits per heavy atom. The van der Waals surface area contributed by atoms with Crippen molar-refractivity contribution >= 4 is 60.5 Å². The second kappa shape index (κ2) is 12.6. The molecule has 7 rings (SSSR count). The van der Waals surface area contributed by atoms with Crippen LogP contribution in [-0.2, 0) is 0 Å². The van der Waals surface area contributed by atoms with E-state index in [4.69, 9.17) is 0 Å².